The van der Waals surface area contributed by atoms with Crippen LogP contribution in [0.2, 0.25) is 0 Å². The number of benzene rings is 3. The number of hydrogen-bond acceptors (Lipinski definition) is 5. The van der Waals surface area contributed by atoms with Crippen LogP contribution in [0.4, 0.5) is 36.4 Å². The van der Waals surface area contributed by atoms with Gasteiger partial charge in [0.05, 0.1) is 27.7 Å². The van der Waals surface area contributed by atoms with Gasteiger partial charge in [0.1, 0.15) is 11.6 Å². The van der Waals surface area contributed by atoms with Gasteiger partial charge in [0.25, 0.3) is 15.9 Å². The fourth-order valence-corrected chi connectivity index (χ4v) is 4.68. The van der Waals surface area contributed by atoms with Gasteiger partial charge in [0, 0.05) is 17.1 Å². The van der Waals surface area contributed by atoms with Crippen molar-refractivity contribution < 1.29 is 48.7 Å². The third kappa shape index (κ3) is 5.35. The minimum absolute atomic E-state index is 0.176. The van der Waals surface area contributed by atoms with E-state index in [0.29, 0.717) is 22.3 Å². The molecule has 0 radical (unpaired) electrons. The summed E-state index contributed by atoms with van der Waals surface area (Å²) in [6, 6.07) is 9.04. The number of fused-ring (bicyclic) bond motifs is 1. The van der Waals surface area contributed by atoms with Crippen LogP contribution in [0.3, 0.4) is 0 Å². The van der Waals surface area contributed by atoms with Crippen LogP contribution in [-0.4, -0.2) is 29.9 Å². The molecule has 0 spiro atoms. The Morgan fingerprint density at radius 1 is 0.946 bits per heavy atom. The normalized spacial score (nSPS) is 12.5. The molecular weight excluding hydrogens is 535 g/mol. The first-order valence-corrected chi connectivity index (χ1v) is 11.4. The summed E-state index contributed by atoms with van der Waals surface area (Å²) in [6.07, 6.45) is -9.00. The molecule has 1 heterocycles. The number of halogens is 7. The Labute approximate surface area is 203 Å². The molecule has 0 atom stereocenters. The molecule has 194 valence electrons. The minimum atomic E-state index is -5.07. The van der Waals surface area contributed by atoms with Crippen molar-refractivity contribution in [2.24, 2.45) is 0 Å². The zero-order chi connectivity index (χ0) is 27.2. The van der Waals surface area contributed by atoms with E-state index in [1.807, 2.05) is 0 Å². The second-order valence-electron chi connectivity index (χ2n) is 7.40. The van der Waals surface area contributed by atoms with Crippen LogP contribution < -0.4 is 10.1 Å². The summed E-state index contributed by atoms with van der Waals surface area (Å²) in [7, 11) is -4.59. The fraction of sp³-hybridized carbons (Fsp3) is 0.0909. The van der Waals surface area contributed by atoms with Crippen molar-refractivity contribution in [3.8, 4) is 5.75 Å². The highest BCUT2D eigenvalue weighted by Crippen LogP contribution is 2.34. The Morgan fingerprint density at radius 3 is 2.32 bits per heavy atom. The number of amides is 1. The highest BCUT2D eigenvalue weighted by molar-refractivity contribution is 7.90. The maximum absolute atomic E-state index is 14.1. The summed E-state index contributed by atoms with van der Waals surface area (Å²) in [6.45, 7) is 0. The van der Waals surface area contributed by atoms with Crippen LogP contribution in [0.25, 0.3) is 10.9 Å². The summed E-state index contributed by atoms with van der Waals surface area (Å²) in [5.74, 6) is -3.68. The number of carbonyl (C=O) groups is 1. The predicted octanol–water partition coefficient (Wildman–Crippen LogP) is 5.58. The molecule has 0 saturated heterocycles. The van der Waals surface area contributed by atoms with Crippen molar-refractivity contribution in [1.29, 1.82) is 0 Å². The number of nitrogens with zero attached hydrogens (tertiary/aromatic N) is 2. The number of carbonyl (C=O) groups excluding carboxylic acids is 1. The molecule has 15 heteroatoms. The number of alkyl halides is 6. The first-order valence-electron chi connectivity index (χ1n) is 9.93. The molecule has 1 amide bonds. The van der Waals surface area contributed by atoms with Crippen LogP contribution in [0, 0.1) is 5.82 Å². The first kappa shape index (κ1) is 25.9. The predicted molar refractivity (Wildman–Crippen MR) is 115 cm³/mol. The van der Waals surface area contributed by atoms with E-state index in [9.17, 15) is 43.9 Å². The zero-order valence-corrected chi connectivity index (χ0v) is 18.7. The number of anilines is 1. The summed E-state index contributed by atoms with van der Waals surface area (Å²) in [5, 5.41) is 6.02. The molecule has 1 N–H and O–H groups in total. The van der Waals surface area contributed by atoms with Gasteiger partial charge in [-0.3, -0.25) is 4.79 Å². The average Bonchev–Trinajstić information content (AvgIpc) is 3.21. The van der Waals surface area contributed by atoms with E-state index in [4.69, 9.17) is 0 Å². The minimum Gasteiger partial charge on any atom is -0.406 e. The Morgan fingerprint density at radius 2 is 1.65 bits per heavy atom. The molecule has 4 aromatic rings. The number of hydrogen-bond donors (Lipinski definition) is 1. The summed E-state index contributed by atoms with van der Waals surface area (Å²) >= 11 is 0. The lowest BCUT2D eigenvalue weighted by Crippen LogP contribution is -2.20. The van der Waals surface area contributed by atoms with E-state index in [1.54, 1.807) is 0 Å². The summed E-state index contributed by atoms with van der Waals surface area (Å²) < 4.78 is 122. The monoisotopic (exact) mass is 547 g/mol. The first-order chi connectivity index (χ1) is 17.2. The van der Waals surface area contributed by atoms with Crippen molar-refractivity contribution in [2.75, 3.05) is 5.32 Å². The second-order valence-corrected chi connectivity index (χ2v) is 9.17. The lowest BCUT2D eigenvalue weighted by molar-refractivity contribution is -0.274. The molecule has 0 saturated carbocycles. The van der Waals surface area contributed by atoms with Crippen molar-refractivity contribution >= 4 is 32.5 Å². The van der Waals surface area contributed by atoms with Gasteiger partial charge in [0.15, 0.2) is 0 Å². The maximum Gasteiger partial charge on any atom is 0.573 e. The van der Waals surface area contributed by atoms with E-state index in [0.717, 1.165) is 36.5 Å². The molecule has 3 aromatic carbocycles. The highest BCUT2D eigenvalue weighted by atomic mass is 32.2. The maximum atomic E-state index is 14.1. The van der Waals surface area contributed by atoms with E-state index in [1.165, 1.54) is 12.1 Å². The SMILES string of the molecule is O=C(Nc1ccc2cnn(S(=O)(=O)c3cccc(OC(F)(F)F)c3)c2c1)c1c(F)cccc1C(F)(F)F. The van der Waals surface area contributed by atoms with E-state index in [-0.39, 0.29) is 16.6 Å². The molecule has 7 nitrogen and oxygen atoms in total. The Bertz CT molecular complexity index is 1610. The lowest BCUT2D eigenvalue weighted by Gasteiger charge is -2.14. The van der Waals surface area contributed by atoms with Crippen LogP contribution in [0.15, 0.2) is 71.8 Å². The molecule has 0 bridgehead atoms. The van der Waals surface area contributed by atoms with Crippen molar-refractivity contribution in [3.05, 3.63) is 83.8 Å². The standard InChI is InChI=1S/C22H12F7N3O4S/c23-17-6-2-5-16(21(24,25)26)19(17)20(33)31-13-8-7-12-11-30-32(18(12)9-13)37(34,35)15-4-1-3-14(10-15)36-22(27,28)29/h1-11H,(H,31,33). The molecule has 0 aliphatic rings. The highest BCUT2D eigenvalue weighted by Gasteiger charge is 2.37. The van der Waals surface area contributed by atoms with Crippen LogP contribution in [0.5, 0.6) is 5.75 Å². The third-order valence-electron chi connectivity index (χ3n) is 4.91. The number of rotatable bonds is 5. The molecular formula is C22H12F7N3O4S. The van der Waals surface area contributed by atoms with Gasteiger partial charge in [-0.05, 0) is 42.5 Å². The number of aromatic nitrogens is 2. The molecule has 0 aliphatic heterocycles. The molecule has 0 unspecified atom stereocenters. The largest absolute Gasteiger partial charge is 0.573 e. The summed E-state index contributed by atoms with van der Waals surface area (Å²) in [5.41, 5.74) is -3.16. The quantitative estimate of drug-likeness (QED) is 0.330. The third-order valence-corrected chi connectivity index (χ3v) is 6.50. The fourth-order valence-electron chi connectivity index (χ4n) is 3.38. The van der Waals surface area contributed by atoms with E-state index >= 15 is 0 Å². The van der Waals surface area contributed by atoms with Crippen molar-refractivity contribution in [3.63, 3.8) is 0 Å². The van der Waals surface area contributed by atoms with Gasteiger partial charge < -0.3 is 10.1 Å². The number of ether oxygens (including phenoxy) is 1. The van der Waals surface area contributed by atoms with Gasteiger partial charge >= 0.3 is 12.5 Å². The van der Waals surface area contributed by atoms with Crippen LogP contribution in [-0.2, 0) is 16.2 Å². The molecule has 1 aromatic heterocycles. The van der Waals surface area contributed by atoms with Crippen molar-refractivity contribution in [2.45, 2.75) is 17.4 Å². The van der Waals surface area contributed by atoms with Gasteiger partial charge in [0.2, 0.25) is 0 Å². The lowest BCUT2D eigenvalue weighted by atomic mass is 10.1. The Hall–Kier alpha value is -4.14. The number of nitrogens with one attached hydrogen (secondary N) is 1. The second kappa shape index (κ2) is 9.06. The summed E-state index contributed by atoms with van der Waals surface area (Å²) in [4.78, 5) is 11.9. The Kier molecular flexibility index (Phi) is 6.35. The Balaban J connectivity index is 1.71. The topological polar surface area (TPSA) is 90.3 Å². The van der Waals surface area contributed by atoms with Gasteiger partial charge in [-0.15, -0.1) is 13.2 Å². The molecule has 0 fully saturated rings. The van der Waals surface area contributed by atoms with Gasteiger partial charge in [-0.2, -0.15) is 30.8 Å². The average molecular weight is 547 g/mol. The smallest absolute Gasteiger partial charge is 0.406 e. The molecule has 37 heavy (non-hydrogen) atoms. The molecule has 0 aliphatic carbocycles. The van der Waals surface area contributed by atoms with E-state index < -0.39 is 56.1 Å². The zero-order valence-electron chi connectivity index (χ0n) is 17.9. The van der Waals surface area contributed by atoms with Crippen LogP contribution in [0.1, 0.15) is 15.9 Å². The van der Waals surface area contributed by atoms with Gasteiger partial charge in [-0.25, -0.2) is 4.39 Å². The van der Waals surface area contributed by atoms with Crippen molar-refractivity contribution in [1.82, 2.24) is 9.19 Å². The van der Waals surface area contributed by atoms with Crippen LogP contribution >= 0.6 is 0 Å². The van der Waals surface area contributed by atoms with E-state index in [2.05, 4.69) is 15.2 Å². The van der Waals surface area contributed by atoms with Gasteiger partial charge in [-0.1, -0.05) is 12.1 Å². The molecule has 4 rings (SSSR count).